The Morgan fingerprint density at radius 2 is 2.05 bits per heavy atom. The van der Waals surface area contributed by atoms with Crippen LogP contribution in [0.15, 0.2) is 48.7 Å². The van der Waals surface area contributed by atoms with E-state index in [-0.39, 0.29) is 12.5 Å². The summed E-state index contributed by atoms with van der Waals surface area (Å²) < 4.78 is 5.03. The third kappa shape index (κ3) is 3.59. The molecule has 1 amide bonds. The molecule has 0 aliphatic carbocycles. The Morgan fingerprint density at radius 1 is 1.25 bits per heavy atom. The van der Waals surface area contributed by atoms with Crippen LogP contribution in [-0.4, -0.2) is 24.5 Å². The number of carbonyl (C=O) groups excluding carboxylic acids is 1. The zero-order valence-corrected chi connectivity index (χ0v) is 11.1. The van der Waals surface area contributed by atoms with Crippen molar-refractivity contribution in [2.24, 2.45) is 0 Å². The quantitative estimate of drug-likeness (QED) is 0.863. The van der Waals surface area contributed by atoms with E-state index in [0.717, 1.165) is 5.56 Å². The van der Waals surface area contributed by atoms with Gasteiger partial charge in [-0.05, 0) is 24.3 Å². The molecule has 1 aromatic carbocycles. The van der Waals surface area contributed by atoms with Crippen molar-refractivity contribution in [3.05, 3.63) is 59.8 Å². The van der Waals surface area contributed by atoms with E-state index in [0.29, 0.717) is 11.4 Å². The molecule has 1 N–H and O–H groups in total. The van der Waals surface area contributed by atoms with E-state index in [4.69, 9.17) is 4.74 Å². The fraction of sp³-hybridized carbons (Fsp3) is 0.125. The lowest BCUT2D eigenvalue weighted by molar-refractivity contribution is 0.0955. The maximum atomic E-state index is 11.9. The summed E-state index contributed by atoms with van der Waals surface area (Å²) in [6, 6.07) is 12.9. The van der Waals surface area contributed by atoms with Gasteiger partial charge in [0.1, 0.15) is 5.56 Å². The number of amides is 1. The molecule has 1 aromatic heterocycles. The van der Waals surface area contributed by atoms with E-state index in [1.54, 1.807) is 18.3 Å². The first kappa shape index (κ1) is 13.6. The van der Waals surface area contributed by atoms with Gasteiger partial charge in [0.05, 0.1) is 13.7 Å². The summed E-state index contributed by atoms with van der Waals surface area (Å²) in [5.74, 6) is 5.92. The minimum Gasteiger partial charge on any atom is -0.480 e. The molecule has 0 bridgehead atoms. The summed E-state index contributed by atoms with van der Waals surface area (Å²) in [7, 11) is 1.48. The highest BCUT2D eigenvalue weighted by atomic mass is 16.5. The predicted molar refractivity (Wildman–Crippen MR) is 76.4 cm³/mol. The number of aromatic nitrogens is 1. The summed E-state index contributed by atoms with van der Waals surface area (Å²) in [4.78, 5) is 15.9. The predicted octanol–water partition coefficient (Wildman–Crippen LogP) is 1.87. The number of methoxy groups -OCH3 is 1. The molecule has 0 unspecified atom stereocenters. The Morgan fingerprint density at radius 3 is 2.80 bits per heavy atom. The van der Waals surface area contributed by atoms with Gasteiger partial charge in [0.25, 0.3) is 5.91 Å². The van der Waals surface area contributed by atoms with Crippen molar-refractivity contribution >= 4 is 5.91 Å². The van der Waals surface area contributed by atoms with Crippen LogP contribution in [0.25, 0.3) is 0 Å². The van der Waals surface area contributed by atoms with E-state index < -0.39 is 0 Å². The molecule has 0 spiro atoms. The van der Waals surface area contributed by atoms with Crippen molar-refractivity contribution in [1.29, 1.82) is 0 Å². The summed E-state index contributed by atoms with van der Waals surface area (Å²) in [5, 5.41) is 2.71. The van der Waals surface area contributed by atoms with E-state index in [2.05, 4.69) is 22.1 Å². The first-order valence-electron chi connectivity index (χ1n) is 6.12. The van der Waals surface area contributed by atoms with Crippen molar-refractivity contribution in [2.45, 2.75) is 0 Å². The van der Waals surface area contributed by atoms with Gasteiger partial charge < -0.3 is 10.1 Å². The summed E-state index contributed by atoms with van der Waals surface area (Å²) in [5.41, 5.74) is 1.32. The average Bonchev–Trinajstić information content (AvgIpc) is 2.52. The minimum absolute atomic E-state index is 0.252. The van der Waals surface area contributed by atoms with E-state index in [9.17, 15) is 4.79 Å². The second-order valence-corrected chi connectivity index (χ2v) is 3.91. The summed E-state index contributed by atoms with van der Waals surface area (Å²) >= 11 is 0. The van der Waals surface area contributed by atoms with E-state index in [1.807, 2.05) is 30.3 Å². The molecule has 4 heteroatoms. The number of nitrogens with one attached hydrogen (secondary N) is 1. The molecular formula is C16H14N2O2. The molecule has 20 heavy (non-hydrogen) atoms. The van der Waals surface area contributed by atoms with Crippen molar-refractivity contribution in [2.75, 3.05) is 13.7 Å². The Balaban J connectivity index is 1.95. The van der Waals surface area contributed by atoms with Gasteiger partial charge in [-0.3, -0.25) is 4.79 Å². The topological polar surface area (TPSA) is 51.2 Å². The highest BCUT2D eigenvalue weighted by Gasteiger charge is 2.11. The van der Waals surface area contributed by atoms with Crippen LogP contribution in [0.5, 0.6) is 5.88 Å². The molecule has 4 nitrogen and oxygen atoms in total. The number of hydrogen-bond donors (Lipinski definition) is 1. The SMILES string of the molecule is COc1ncccc1C(=O)NCC#Cc1ccccc1. The standard InChI is InChI=1S/C16H14N2O2/c1-20-16-14(10-6-12-18-16)15(19)17-11-5-9-13-7-3-2-4-8-13/h2-4,6-8,10,12H,11H2,1H3,(H,17,19). The normalized spacial score (nSPS) is 9.25. The van der Waals surface area contributed by atoms with Gasteiger partial charge in [0.15, 0.2) is 0 Å². The van der Waals surface area contributed by atoms with Gasteiger partial charge in [-0.1, -0.05) is 30.0 Å². The Bertz CT molecular complexity index is 642. The van der Waals surface area contributed by atoms with Crippen LogP contribution in [-0.2, 0) is 0 Å². The number of nitrogens with zero attached hydrogens (tertiary/aromatic N) is 1. The lowest BCUT2D eigenvalue weighted by Crippen LogP contribution is -2.24. The Hall–Kier alpha value is -2.80. The van der Waals surface area contributed by atoms with Crippen molar-refractivity contribution < 1.29 is 9.53 Å². The van der Waals surface area contributed by atoms with Crippen LogP contribution in [0, 0.1) is 11.8 Å². The van der Waals surface area contributed by atoms with Crippen LogP contribution >= 0.6 is 0 Å². The lowest BCUT2D eigenvalue weighted by atomic mass is 10.2. The largest absolute Gasteiger partial charge is 0.480 e. The highest BCUT2D eigenvalue weighted by molar-refractivity contribution is 5.96. The van der Waals surface area contributed by atoms with E-state index in [1.165, 1.54) is 7.11 Å². The maximum absolute atomic E-state index is 11.9. The van der Waals surface area contributed by atoms with Gasteiger partial charge in [0, 0.05) is 11.8 Å². The molecule has 1 heterocycles. The number of pyridine rings is 1. The molecule has 0 radical (unpaired) electrons. The van der Waals surface area contributed by atoms with E-state index >= 15 is 0 Å². The average molecular weight is 266 g/mol. The van der Waals surface area contributed by atoms with Gasteiger partial charge in [-0.25, -0.2) is 4.98 Å². The molecule has 0 saturated carbocycles. The molecule has 2 aromatic rings. The first-order valence-corrected chi connectivity index (χ1v) is 6.12. The molecule has 0 aliphatic heterocycles. The second kappa shape index (κ2) is 6.95. The monoisotopic (exact) mass is 266 g/mol. The van der Waals surface area contributed by atoms with Crippen LogP contribution in [0.3, 0.4) is 0 Å². The number of benzene rings is 1. The van der Waals surface area contributed by atoms with Crippen LogP contribution < -0.4 is 10.1 Å². The van der Waals surface area contributed by atoms with Crippen molar-refractivity contribution in [3.8, 4) is 17.7 Å². The third-order valence-electron chi connectivity index (χ3n) is 2.55. The lowest BCUT2D eigenvalue weighted by Gasteiger charge is -2.05. The Labute approximate surface area is 117 Å². The minimum atomic E-state index is -0.252. The summed E-state index contributed by atoms with van der Waals surface area (Å²) in [6.45, 7) is 0.270. The molecule has 100 valence electrons. The van der Waals surface area contributed by atoms with Crippen molar-refractivity contribution in [1.82, 2.24) is 10.3 Å². The highest BCUT2D eigenvalue weighted by Crippen LogP contribution is 2.12. The molecule has 0 aliphatic rings. The van der Waals surface area contributed by atoms with Gasteiger partial charge in [0.2, 0.25) is 5.88 Å². The second-order valence-electron chi connectivity index (χ2n) is 3.91. The van der Waals surface area contributed by atoms with Gasteiger partial charge >= 0.3 is 0 Å². The molecule has 0 atom stereocenters. The van der Waals surface area contributed by atoms with Gasteiger partial charge in [-0.2, -0.15) is 0 Å². The molecular weight excluding hydrogens is 252 g/mol. The van der Waals surface area contributed by atoms with Gasteiger partial charge in [-0.15, -0.1) is 0 Å². The number of carbonyl (C=O) groups is 1. The zero-order chi connectivity index (χ0) is 14.2. The van der Waals surface area contributed by atoms with Crippen molar-refractivity contribution in [3.63, 3.8) is 0 Å². The number of ether oxygens (including phenoxy) is 1. The van der Waals surface area contributed by atoms with Crippen LogP contribution in [0.2, 0.25) is 0 Å². The molecule has 0 saturated heterocycles. The molecule has 0 fully saturated rings. The Kier molecular flexibility index (Phi) is 4.74. The smallest absolute Gasteiger partial charge is 0.257 e. The third-order valence-corrected chi connectivity index (χ3v) is 2.55. The number of hydrogen-bond acceptors (Lipinski definition) is 3. The van der Waals surface area contributed by atoms with Crippen LogP contribution in [0.1, 0.15) is 15.9 Å². The first-order chi connectivity index (χ1) is 9.81. The molecule has 2 rings (SSSR count). The number of rotatable bonds is 3. The fourth-order valence-electron chi connectivity index (χ4n) is 1.61. The summed E-state index contributed by atoms with van der Waals surface area (Å²) in [6.07, 6.45) is 1.57. The zero-order valence-electron chi connectivity index (χ0n) is 11.1. The van der Waals surface area contributed by atoms with Crippen LogP contribution in [0.4, 0.5) is 0 Å². The fourth-order valence-corrected chi connectivity index (χ4v) is 1.61. The maximum Gasteiger partial charge on any atom is 0.257 e.